The summed E-state index contributed by atoms with van der Waals surface area (Å²) in [5.41, 5.74) is 1.25. The topological polar surface area (TPSA) is 96.0 Å². The van der Waals surface area contributed by atoms with Crippen LogP contribution in [0.5, 0.6) is 0 Å². The third-order valence-corrected chi connectivity index (χ3v) is 6.71. The largest absolute Gasteiger partial charge is 0.449 e. The zero-order chi connectivity index (χ0) is 23.8. The molecule has 1 N–H and O–H groups in total. The van der Waals surface area contributed by atoms with Gasteiger partial charge in [-0.3, -0.25) is 9.69 Å². The van der Waals surface area contributed by atoms with Gasteiger partial charge in [0.25, 0.3) is 5.91 Å². The number of esters is 1. The second-order valence-electron chi connectivity index (χ2n) is 7.69. The van der Waals surface area contributed by atoms with Crippen LogP contribution in [0, 0.1) is 12.3 Å². The first kappa shape index (κ1) is 24.5. The van der Waals surface area contributed by atoms with Gasteiger partial charge >= 0.3 is 5.97 Å². The van der Waals surface area contributed by atoms with Gasteiger partial charge in [-0.15, -0.1) is 6.42 Å². The number of rotatable bonds is 8. The van der Waals surface area contributed by atoms with E-state index in [9.17, 15) is 18.0 Å². The molecule has 1 aliphatic rings. The lowest BCUT2D eigenvalue weighted by Gasteiger charge is -2.35. The van der Waals surface area contributed by atoms with E-state index in [1.807, 2.05) is 18.2 Å². The van der Waals surface area contributed by atoms with Gasteiger partial charge in [-0.1, -0.05) is 42.3 Å². The van der Waals surface area contributed by atoms with Gasteiger partial charge in [0.1, 0.15) is 0 Å². The lowest BCUT2D eigenvalue weighted by Crippen LogP contribution is -2.51. The Morgan fingerprint density at radius 1 is 1.09 bits per heavy atom. The van der Waals surface area contributed by atoms with Crippen molar-refractivity contribution in [2.75, 3.05) is 32.7 Å². The molecule has 9 heteroatoms. The molecule has 8 nitrogen and oxygen atoms in total. The molecule has 1 atom stereocenters. The Labute approximate surface area is 194 Å². The van der Waals surface area contributed by atoms with Crippen molar-refractivity contribution in [3.8, 4) is 12.3 Å². The highest BCUT2D eigenvalue weighted by molar-refractivity contribution is 7.89. The van der Waals surface area contributed by atoms with E-state index >= 15 is 0 Å². The summed E-state index contributed by atoms with van der Waals surface area (Å²) in [6.45, 7) is 4.72. The van der Waals surface area contributed by atoms with Gasteiger partial charge in [0, 0.05) is 32.7 Å². The number of sulfonamides is 1. The molecule has 3 rings (SSSR count). The minimum absolute atomic E-state index is 0.0333. The average molecular weight is 470 g/mol. The van der Waals surface area contributed by atoms with E-state index in [0.717, 1.165) is 19.6 Å². The van der Waals surface area contributed by atoms with Crippen LogP contribution >= 0.6 is 0 Å². The Morgan fingerprint density at radius 2 is 1.79 bits per heavy atom. The maximum absolute atomic E-state index is 12.8. The molecular formula is C24H27N3O5S. The van der Waals surface area contributed by atoms with E-state index in [1.54, 1.807) is 4.90 Å². The third-order valence-electron chi connectivity index (χ3n) is 5.31. The summed E-state index contributed by atoms with van der Waals surface area (Å²) in [5.74, 6) is 1.14. The maximum atomic E-state index is 12.8. The quantitative estimate of drug-likeness (QED) is 0.465. The molecule has 1 unspecified atom stereocenters. The highest BCUT2D eigenvalue weighted by Crippen LogP contribution is 2.15. The van der Waals surface area contributed by atoms with Crippen LogP contribution in [-0.4, -0.2) is 68.9 Å². The minimum atomic E-state index is -3.85. The monoisotopic (exact) mass is 469 g/mol. The van der Waals surface area contributed by atoms with E-state index < -0.39 is 22.1 Å². The molecule has 2 aromatic carbocycles. The highest BCUT2D eigenvalue weighted by atomic mass is 32.2. The second-order valence-corrected chi connectivity index (χ2v) is 9.46. The second kappa shape index (κ2) is 11.1. The normalized spacial score (nSPS) is 15.5. The van der Waals surface area contributed by atoms with Crippen LogP contribution in [0.3, 0.4) is 0 Å². The predicted molar refractivity (Wildman–Crippen MR) is 124 cm³/mol. The van der Waals surface area contributed by atoms with Gasteiger partial charge in [-0.2, -0.15) is 4.72 Å². The zero-order valence-corrected chi connectivity index (χ0v) is 19.3. The first-order valence-electron chi connectivity index (χ1n) is 10.6. The fraction of sp³-hybridized carbons (Fsp3) is 0.333. The van der Waals surface area contributed by atoms with Gasteiger partial charge in [-0.25, -0.2) is 13.2 Å². The number of ether oxygens (including phenoxy) is 1. The lowest BCUT2D eigenvalue weighted by molar-refractivity contribution is -0.141. The van der Waals surface area contributed by atoms with Gasteiger partial charge in [0.05, 0.1) is 17.0 Å². The van der Waals surface area contributed by atoms with Crippen LogP contribution in [0.25, 0.3) is 0 Å². The minimum Gasteiger partial charge on any atom is -0.449 e. The molecule has 2 aromatic rings. The summed E-state index contributed by atoms with van der Waals surface area (Å²) in [4.78, 5) is 29.2. The molecule has 0 bridgehead atoms. The van der Waals surface area contributed by atoms with Crippen molar-refractivity contribution in [3.05, 3.63) is 65.7 Å². The van der Waals surface area contributed by atoms with E-state index in [2.05, 4.69) is 27.7 Å². The summed E-state index contributed by atoms with van der Waals surface area (Å²) in [6, 6.07) is 15.5. The van der Waals surface area contributed by atoms with E-state index in [-0.39, 0.29) is 22.9 Å². The third kappa shape index (κ3) is 6.65. The number of hydrogen-bond donors (Lipinski definition) is 1. The summed E-state index contributed by atoms with van der Waals surface area (Å²) in [6.07, 6.45) is 4.10. The molecule has 0 radical (unpaired) electrons. The smallest absolute Gasteiger partial charge is 0.338 e. The number of carbonyl (C=O) groups is 2. The highest BCUT2D eigenvalue weighted by Gasteiger charge is 2.28. The van der Waals surface area contributed by atoms with Gasteiger partial charge in [0.15, 0.2) is 6.10 Å². The van der Waals surface area contributed by atoms with Gasteiger partial charge in [0.2, 0.25) is 10.0 Å². The average Bonchev–Trinajstić information content (AvgIpc) is 2.83. The lowest BCUT2D eigenvalue weighted by atomic mass is 10.2. The number of hydrogen-bond acceptors (Lipinski definition) is 6. The number of piperazine rings is 1. The standard InChI is InChI=1S/C24H27N3O5S/c1-3-12-25-33(30,31)22-11-7-10-21(17-22)24(29)32-19(2)23(28)27-15-13-26(14-16-27)18-20-8-5-4-6-9-20/h1,4-11,17,19,25H,12-16,18H2,2H3. The van der Waals surface area contributed by atoms with Crippen molar-refractivity contribution in [3.63, 3.8) is 0 Å². The van der Waals surface area contributed by atoms with Crippen molar-refractivity contribution < 1.29 is 22.7 Å². The van der Waals surface area contributed by atoms with Crippen LogP contribution in [0.2, 0.25) is 0 Å². The Bertz CT molecular complexity index is 1120. The molecule has 0 saturated carbocycles. The molecular weight excluding hydrogens is 442 g/mol. The molecule has 1 heterocycles. The van der Waals surface area contributed by atoms with Crippen molar-refractivity contribution in [1.82, 2.24) is 14.5 Å². The molecule has 1 aliphatic heterocycles. The molecule has 0 aromatic heterocycles. The Hall–Kier alpha value is -3.19. The van der Waals surface area contributed by atoms with Crippen molar-refractivity contribution in [1.29, 1.82) is 0 Å². The Balaban J connectivity index is 1.54. The van der Waals surface area contributed by atoms with Crippen molar-refractivity contribution >= 4 is 21.9 Å². The van der Waals surface area contributed by atoms with Crippen molar-refractivity contribution in [2.45, 2.75) is 24.5 Å². The number of nitrogens with one attached hydrogen (secondary N) is 1. The fourth-order valence-electron chi connectivity index (χ4n) is 3.51. The predicted octanol–water partition coefficient (Wildman–Crippen LogP) is 1.49. The fourth-order valence-corrected chi connectivity index (χ4v) is 4.49. The molecule has 1 amide bonds. The number of benzene rings is 2. The number of amides is 1. The van der Waals surface area contributed by atoms with Gasteiger partial charge in [-0.05, 0) is 30.7 Å². The molecule has 0 spiro atoms. The zero-order valence-electron chi connectivity index (χ0n) is 18.4. The van der Waals surface area contributed by atoms with E-state index in [0.29, 0.717) is 13.1 Å². The Kier molecular flexibility index (Phi) is 8.22. The first-order valence-corrected chi connectivity index (χ1v) is 12.1. The summed E-state index contributed by atoms with van der Waals surface area (Å²) in [7, 11) is -3.85. The Morgan fingerprint density at radius 3 is 2.45 bits per heavy atom. The molecule has 174 valence electrons. The molecule has 1 saturated heterocycles. The SMILES string of the molecule is C#CCNS(=O)(=O)c1cccc(C(=O)OC(C)C(=O)N2CCN(Cc3ccccc3)CC2)c1. The number of carbonyl (C=O) groups excluding carboxylic acids is 2. The van der Waals surface area contributed by atoms with E-state index in [4.69, 9.17) is 11.2 Å². The van der Waals surface area contributed by atoms with Crippen LogP contribution in [0.15, 0.2) is 59.5 Å². The van der Waals surface area contributed by atoms with Crippen LogP contribution < -0.4 is 4.72 Å². The van der Waals surface area contributed by atoms with Crippen LogP contribution in [0.1, 0.15) is 22.8 Å². The summed E-state index contributed by atoms with van der Waals surface area (Å²) in [5, 5.41) is 0. The summed E-state index contributed by atoms with van der Waals surface area (Å²) >= 11 is 0. The molecule has 0 aliphatic carbocycles. The van der Waals surface area contributed by atoms with Crippen molar-refractivity contribution in [2.24, 2.45) is 0 Å². The van der Waals surface area contributed by atoms with E-state index in [1.165, 1.54) is 36.8 Å². The number of terminal acetylenes is 1. The number of nitrogens with zero attached hydrogens (tertiary/aromatic N) is 2. The molecule has 1 fully saturated rings. The van der Waals surface area contributed by atoms with Crippen LogP contribution in [0.4, 0.5) is 0 Å². The maximum Gasteiger partial charge on any atom is 0.338 e. The molecule has 33 heavy (non-hydrogen) atoms. The van der Waals surface area contributed by atoms with Gasteiger partial charge < -0.3 is 9.64 Å². The van der Waals surface area contributed by atoms with Crippen LogP contribution in [-0.2, 0) is 26.1 Å². The first-order chi connectivity index (χ1) is 15.8. The summed E-state index contributed by atoms with van der Waals surface area (Å²) < 4.78 is 32.0.